The monoisotopic (exact) mass is 441 g/mol. The van der Waals surface area contributed by atoms with Crippen LogP contribution in [0.15, 0.2) is 40.0 Å². The van der Waals surface area contributed by atoms with Crippen molar-refractivity contribution in [3.63, 3.8) is 0 Å². The number of nitrogens with one attached hydrogen (secondary N) is 1. The number of thioether (sulfide) groups is 1. The average Bonchev–Trinajstić information content (AvgIpc) is 3.47. The Balaban J connectivity index is 1.35. The second-order valence-electron chi connectivity index (χ2n) is 6.54. The summed E-state index contributed by atoms with van der Waals surface area (Å²) in [6.07, 6.45) is 6.38. The van der Waals surface area contributed by atoms with Gasteiger partial charge in [-0.1, -0.05) is 42.1 Å². The molecule has 2 aromatic heterocycles. The third kappa shape index (κ3) is 4.63. The summed E-state index contributed by atoms with van der Waals surface area (Å²) in [4.78, 5) is 25.7. The van der Waals surface area contributed by atoms with Gasteiger partial charge < -0.3 is 14.5 Å². The molecule has 1 N–H and O–H groups in total. The third-order valence-electron chi connectivity index (χ3n) is 4.53. The van der Waals surface area contributed by atoms with Crippen LogP contribution in [0.1, 0.15) is 38.7 Å². The van der Waals surface area contributed by atoms with Crippen LogP contribution in [0.3, 0.4) is 0 Å². The van der Waals surface area contributed by atoms with Gasteiger partial charge in [-0.15, -0.1) is 21.5 Å². The van der Waals surface area contributed by atoms with Crippen molar-refractivity contribution in [2.24, 2.45) is 0 Å². The molecule has 0 spiro atoms. The number of esters is 1. The molecule has 30 heavy (non-hydrogen) atoms. The summed E-state index contributed by atoms with van der Waals surface area (Å²) in [5.41, 5.74) is 2.51. The van der Waals surface area contributed by atoms with Crippen LogP contribution in [0.25, 0.3) is 12.2 Å². The number of carbonyl (C=O) groups is 2. The van der Waals surface area contributed by atoms with Gasteiger partial charge in [0, 0.05) is 11.0 Å². The van der Waals surface area contributed by atoms with Crippen molar-refractivity contribution in [3.05, 3.63) is 57.8 Å². The van der Waals surface area contributed by atoms with E-state index in [0.29, 0.717) is 21.7 Å². The lowest BCUT2D eigenvalue weighted by molar-refractivity contribution is -0.113. The van der Waals surface area contributed by atoms with Crippen molar-refractivity contribution in [1.29, 1.82) is 0 Å². The van der Waals surface area contributed by atoms with Crippen LogP contribution in [0, 0.1) is 0 Å². The van der Waals surface area contributed by atoms with Crippen molar-refractivity contribution < 1.29 is 18.7 Å². The Kier molecular flexibility index (Phi) is 6.29. The summed E-state index contributed by atoms with van der Waals surface area (Å²) in [7, 11) is 1.35. The molecule has 2 heterocycles. The van der Waals surface area contributed by atoms with Gasteiger partial charge in [0.1, 0.15) is 5.00 Å². The second-order valence-corrected chi connectivity index (χ2v) is 8.57. The average molecular weight is 442 g/mol. The SMILES string of the molecule is COC(=O)c1c(NC(=O)CSc2nnc(C=Cc3ccccc3)o2)sc2c1CCC2. The quantitative estimate of drug-likeness (QED) is 0.431. The molecule has 0 atom stereocenters. The summed E-state index contributed by atoms with van der Waals surface area (Å²) >= 11 is 2.59. The van der Waals surface area contributed by atoms with E-state index in [9.17, 15) is 9.59 Å². The molecule has 9 heteroatoms. The number of amides is 1. The van der Waals surface area contributed by atoms with Gasteiger partial charge in [-0.05, 0) is 36.5 Å². The molecule has 0 unspecified atom stereocenters. The van der Waals surface area contributed by atoms with E-state index in [1.54, 1.807) is 6.08 Å². The summed E-state index contributed by atoms with van der Waals surface area (Å²) in [6, 6.07) is 9.77. The number of aryl methyl sites for hydroxylation is 1. The number of rotatable bonds is 7. The topological polar surface area (TPSA) is 94.3 Å². The highest BCUT2D eigenvalue weighted by Gasteiger charge is 2.28. The molecule has 1 aliphatic carbocycles. The maximum absolute atomic E-state index is 12.4. The Morgan fingerprint density at radius 1 is 1.23 bits per heavy atom. The first kappa shape index (κ1) is 20.4. The minimum atomic E-state index is -0.413. The zero-order chi connectivity index (χ0) is 20.9. The van der Waals surface area contributed by atoms with Crippen molar-refractivity contribution in [3.8, 4) is 0 Å². The predicted octanol–water partition coefficient (Wildman–Crippen LogP) is 4.31. The van der Waals surface area contributed by atoms with E-state index < -0.39 is 5.97 Å². The first-order valence-corrected chi connectivity index (χ1v) is 11.2. The lowest BCUT2D eigenvalue weighted by Crippen LogP contribution is -2.16. The molecule has 0 saturated heterocycles. The number of carbonyl (C=O) groups excluding carboxylic acids is 2. The third-order valence-corrected chi connectivity index (χ3v) is 6.56. The fraction of sp³-hybridized carbons (Fsp3) is 0.238. The number of aromatic nitrogens is 2. The zero-order valence-electron chi connectivity index (χ0n) is 16.2. The minimum Gasteiger partial charge on any atom is -0.465 e. The lowest BCUT2D eigenvalue weighted by atomic mass is 10.1. The highest BCUT2D eigenvalue weighted by atomic mass is 32.2. The maximum Gasteiger partial charge on any atom is 0.341 e. The van der Waals surface area contributed by atoms with Gasteiger partial charge in [0.2, 0.25) is 11.8 Å². The van der Waals surface area contributed by atoms with Crippen LogP contribution in [0.5, 0.6) is 0 Å². The standard InChI is InChI=1S/C21H19N3O4S2/c1-27-20(26)18-14-8-5-9-15(14)30-19(18)22-16(25)12-29-21-24-23-17(28-21)11-10-13-6-3-2-4-7-13/h2-4,6-7,10-11H,5,8-9,12H2,1H3,(H,22,25). The van der Waals surface area contributed by atoms with Gasteiger partial charge >= 0.3 is 5.97 Å². The van der Waals surface area contributed by atoms with Gasteiger partial charge in [0.25, 0.3) is 5.22 Å². The largest absolute Gasteiger partial charge is 0.465 e. The van der Waals surface area contributed by atoms with Crippen LogP contribution in [-0.4, -0.2) is 34.9 Å². The number of methoxy groups -OCH3 is 1. The molecule has 1 aromatic carbocycles. The molecule has 0 fully saturated rings. The fourth-order valence-corrected chi connectivity index (χ4v) is 5.04. The molecule has 3 aromatic rings. The summed E-state index contributed by atoms with van der Waals surface area (Å²) in [5, 5.41) is 11.6. The molecule has 154 valence electrons. The Morgan fingerprint density at radius 3 is 2.87 bits per heavy atom. The fourth-order valence-electron chi connectivity index (χ4n) is 3.18. The number of hydrogen-bond donors (Lipinski definition) is 1. The summed E-state index contributed by atoms with van der Waals surface area (Å²) in [5.74, 6) is -0.203. The molecular formula is C21H19N3O4S2. The van der Waals surface area contributed by atoms with Crippen LogP contribution in [0.4, 0.5) is 5.00 Å². The molecule has 0 radical (unpaired) electrons. The van der Waals surface area contributed by atoms with Crippen molar-refractivity contribution in [2.45, 2.75) is 24.5 Å². The van der Waals surface area contributed by atoms with E-state index in [-0.39, 0.29) is 11.7 Å². The first-order valence-electron chi connectivity index (χ1n) is 9.36. The van der Waals surface area contributed by atoms with Crippen molar-refractivity contribution >= 4 is 52.1 Å². The second kappa shape index (κ2) is 9.27. The number of fused-ring (bicyclic) bond motifs is 1. The Labute approximate surface area is 181 Å². The van der Waals surface area contributed by atoms with E-state index in [4.69, 9.17) is 9.15 Å². The zero-order valence-corrected chi connectivity index (χ0v) is 17.8. The number of hydrogen-bond acceptors (Lipinski definition) is 8. The Morgan fingerprint density at radius 2 is 2.07 bits per heavy atom. The van der Waals surface area contributed by atoms with E-state index in [1.165, 1.54) is 18.4 Å². The molecule has 0 saturated carbocycles. The molecule has 1 aliphatic rings. The van der Waals surface area contributed by atoms with Gasteiger partial charge in [-0.2, -0.15) is 0 Å². The molecule has 4 rings (SSSR count). The highest BCUT2D eigenvalue weighted by Crippen LogP contribution is 2.39. The van der Waals surface area contributed by atoms with E-state index in [1.807, 2.05) is 36.4 Å². The van der Waals surface area contributed by atoms with Gasteiger partial charge in [0.15, 0.2) is 0 Å². The normalized spacial score (nSPS) is 12.8. The van der Waals surface area contributed by atoms with Crippen LogP contribution in [-0.2, 0) is 22.4 Å². The number of ether oxygens (including phenoxy) is 1. The Bertz CT molecular complexity index is 1090. The number of anilines is 1. The minimum absolute atomic E-state index is 0.0905. The van der Waals surface area contributed by atoms with Crippen LogP contribution in [0.2, 0.25) is 0 Å². The van der Waals surface area contributed by atoms with E-state index in [0.717, 1.165) is 47.0 Å². The summed E-state index contributed by atoms with van der Waals surface area (Å²) < 4.78 is 10.4. The number of benzene rings is 1. The van der Waals surface area contributed by atoms with E-state index >= 15 is 0 Å². The Hall–Kier alpha value is -2.91. The number of thiophene rings is 1. The molecule has 7 nitrogen and oxygen atoms in total. The highest BCUT2D eigenvalue weighted by molar-refractivity contribution is 7.99. The van der Waals surface area contributed by atoms with Crippen LogP contribution >= 0.6 is 23.1 Å². The van der Waals surface area contributed by atoms with Gasteiger partial charge in [-0.3, -0.25) is 4.79 Å². The predicted molar refractivity (Wildman–Crippen MR) is 117 cm³/mol. The maximum atomic E-state index is 12.4. The lowest BCUT2D eigenvalue weighted by Gasteiger charge is -2.06. The van der Waals surface area contributed by atoms with Gasteiger partial charge in [0.05, 0.1) is 18.4 Å². The van der Waals surface area contributed by atoms with E-state index in [2.05, 4.69) is 15.5 Å². The molecule has 0 bridgehead atoms. The summed E-state index contributed by atoms with van der Waals surface area (Å²) in [6.45, 7) is 0. The molecular weight excluding hydrogens is 422 g/mol. The number of nitrogens with zero attached hydrogens (tertiary/aromatic N) is 2. The van der Waals surface area contributed by atoms with Crippen molar-refractivity contribution in [2.75, 3.05) is 18.2 Å². The molecule has 1 amide bonds. The van der Waals surface area contributed by atoms with Crippen LogP contribution < -0.4 is 5.32 Å². The smallest absolute Gasteiger partial charge is 0.341 e. The first-order chi connectivity index (χ1) is 14.6. The van der Waals surface area contributed by atoms with Crippen molar-refractivity contribution in [1.82, 2.24) is 10.2 Å². The van der Waals surface area contributed by atoms with Gasteiger partial charge in [-0.25, -0.2) is 4.79 Å². The molecule has 0 aliphatic heterocycles.